The first-order valence-corrected chi connectivity index (χ1v) is 11.7. The second kappa shape index (κ2) is 9.13. The zero-order valence-electron chi connectivity index (χ0n) is 19.8. The van der Waals surface area contributed by atoms with Crippen LogP contribution in [0.3, 0.4) is 0 Å². The fourth-order valence-corrected chi connectivity index (χ4v) is 4.59. The van der Waals surface area contributed by atoms with Crippen molar-refractivity contribution in [1.82, 2.24) is 4.98 Å². The summed E-state index contributed by atoms with van der Waals surface area (Å²) in [5, 5.41) is 11.6. The molecule has 1 amide bonds. The molecule has 0 fully saturated rings. The SMILES string of the molecule is CC(C)(O)COC1Cc2ccccc2N1C(=O)Cc1ccc(-c2c[nH]c(=O)c3ccccc23)cc1. The first-order valence-electron chi connectivity index (χ1n) is 11.7. The van der Waals surface area contributed by atoms with Crippen LogP contribution in [0.25, 0.3) is 21.9 Å². The number of nitrogens with zero attached hydrogens (tertiary/aromatic N) is 1. The number of hydrogen-bond donors (Lipinski definition) is 2. The van der Waals surface area contributed by atoms with E-state index in [2.05, 4.69) is 4.98 Å². The van der Waals surface area contributed by atoms with Crippen molar-refractivity contribution < 1.29 is 14.6 Å². The number of pyridine rings is 1. The van der Waals surface area contributed by atoms with Crippen LogP contribution >= 0.6 is 0 Å². The predicted molar refractivity (Wildman–Crippen MR) is 137 cm³/mol. The lowest BCUT2D eigenvalue weighted by Crippen LogP contribution is -2.42. The van der Waals surface area contributed by atoms with E-state index in [0.29, 0.717) is 11.8 Å². The lowest BCUT2D eigenvalue weighted by Gasteiger charge is -2.28. The molecule has 0 bridgehead atoms. The average molecular weight is 469 g/mol. The second-order valence-corrected chi connectivity index (χ2v) is 9.63. The molecule has 0 spiro atoms. The van der Waals surface area contributed by atoms with Crippen molar-refractivity contribution in [3.63, 3.8) is 0 Å². The van der Waals surface area contributed by atoms with Crippen LogP contribution in [0.5, 0.6) is 0 Å². The van der Waals surface area contributed by atoms with Crippen molar-refractivity contribution in [3.8, 4) is 11.1 Å². The number of carbonyl (C=O) groups is 1. The molecule has 178 valence electrons. The monoisotopic (exact) mass is 468 g/mol. The van der Waals surface area contributed by atoms with Gasteiger partial charge in [-0.15, -0.1) is 0 Å². The van der Waals surface area contributed by atoms with E-state index in [9.17, 15) is 14.7 Å². The van der Waals surface area contributed by atoms with Gasteiger partial charge < -0.3 is 14.8 Å². The number of ether oxygens (including phenoxy) is 1. The van der Waals surface area contributed by atoms with Crippen LogP contribution in [-0.4, -0.2) is 34.4 Å². The summed E-state index contributed by atoms with van der Waals surface area (Å²) in [6.45, 7) is 3.51. The first kappa shape index (κ1) is 23.0. The summed E-state index contributed by atoms with van der Waals surface area (Å²) in [5.41, 5.74) is 3.61. The molecule has 0 radical (unpaired) electrons. The van der Waals surface area contributed by atoms with Crippen molar-refractivity contribution in [3.05, 3.63) is 100 Å². The smallest absolute Gasteiger partial charge is 0.255 e. The molecular formula is C29H28N2O4. The van der Waals surface area contributed by atoms with Crippen molar-refractivity contribution in [2.45, 2.75) is 38.5 Å². The van der Waals surface area contributed by atoms with Crippen LogP contribution in [0.15, 0.2) is 83.8 Å². The Morgan fingerprint density at radius 1 is 1.03 bits per heavy atom. The number of aliphatic hydroxyl groups is 1. The molecule has 4 aromatic rings. The zero-order chi connectivity index (χ0) is 24.6. The minimum Gasteiger partial charge on any atom is -0.388 e. The molecule has 6 heteroatoms. The van der Waals surface area contributed by atoms with Crippen LogP contribution in [-0.2, 0) is 22.4 Å². The molecule has 3 aromatic carbocycles. The Morgan fingerprint density at radius 3 is 2.46 bits per heavy atom. The number of para-hydroxylation sites is 1. The number of hydrogen-bond acceptors (Lipinski definition) is 4. The summed E-state index contributed by atoms with van der Waals surface area (Å²) in [5.74, 6) is -0.0575. The number of aromatic amines is 1. The van der Waals surface area contributed by atoms with Gasteiger partial charge >= 0.3 is 0 Å². The topological polar surface area (TPSA) is 82.6 Å². The molecule has 0 saturated heterocycles. The van der Waals surface area contributed by atoms with E-state index < -0.39 is 11.8 Å². The molecule has 1 aromatic heterocycles. The normalized spacial score (nSPS) is 15.4. The molecule has 35 heavy (non-hydrogen) atoms. The summed E-state index contributed by atoms with van der Waals surface area (Å²) in [7, 11) is 0. The lowest BCUT2D eigenvalue weighted by atomic mass is 9.99. The number of aromatic nitrogens is 1. The van der Waals surface area contributed by atoms with Gasteiger partial charge in [-0.05, 0) is 48.1 Å². The Kier molecular flexibility index (Phi) is 6.01. The summed E-state index contributed by atoms with van der Waals surface area (Å²) < 4.78 is 5.97. The highest BCUT2D eigenvalue weighted by Crippen LogP contribution is 2.34. The number of fused-ring (bicyclic) bond motifs is 2. The van der Waals surface area contributed by atoms with Gasteiger partial charge in [-0.25, -0.2) is 0 Å². The largest absolute Gasteiger partial charge is 0.388 e. The van der Waals surface area contributed by atoms with Gasteiger partial charge in [0.2, 0.25) is 5.91 Å². The van der Waals surface area contributed by atoms with Gasteiger partial charge in [-0.3, -0.25) is 14.5 Å². The van der Waals surface area contributed by atoms with Gasteiger partial charge in [-0.1, -0.05) is 60.7 Å². The minimum absolute atomic E-state index is 0.0575. The van der Waals surface area contributed by atoms with Crippen molar-refractivity contribution in [2.24, 2.45) is 0 Å². The van der Waals surface area contributed by atoms with E-state index in [0.717, 1.165) is 33.3 Å². The maximum absolute atomic E-state index is 13.4. The third kappa shape index (κ3) is 4.76. The number of H-pyrrole nitrogens is 1. The predicted octanol–water partition coefficient (Wildman–Crippen LogP) is 4.44. The minimum atomic E-state index is -0.981. The molecule has 2 heterocycles. The van der Waals surface area contributed by atoms with E-state index in [1.54, 1.807) is 24.9 Å². The molecule has 1 aliphatic heterocycles. The molecule has 2 N–H and O–H groups in total. The van der Waals surface area contributed by atoms with Crippen LogP contribution in [0.2, 0.25) is 0 Å². The number of carbonyl (C=O) groups excluding carboxylic acids is 1. The van der Waals surface area contributed by atoms with Crippen molar-refractivity contribution >= 4 is 22.4 Å². The van der Waals surface area contributed by atoms with Crippen molar-refractivity contribution in [2.75, 3.05) is 11.5 Å². The van der Waals surface area contributed by atoms with Gasteiger partial charge in [0.15, 0.2) is 0 Å². The number of amides is 1. The van der Waals surface area contributed by atoms with Crippen LogP contribution < -0.4 is 10.5 Å². The van der Waals surface area contributed by atoms with E-state index in [1.165, 1.54) is 0 Å². The highest BCUT2D eigenvalue weighted by molar-refractivity contribution is 5.98. The standard InChI is InChI=1S/C29H28N2O4/c1-29(2,34)18-35-27-16-21-7-3-6-10-25(21)31(27)26(32)15-19-11-13-20(14-12-19)24-17-30-28(33)23-9-5-4-8-22(23)24/h3-14,17,27,34H,15-16,18H2,1-2H3,(H,30,33). The first-order chi connectivity index (χ1) is 16.8. The van der Waals surface area contributed by atoms with E-state index >= 15 is 0 Å². The Bertz CT molecular complexity index is 1430. The van der Waals surface area contributed by atoms with Crippen molar-refractivity contribution in [1.29, 1.82) is 0 Å². The third-order valence-corrected chi connectivity index (χ3v) is 6.26. The zero-order valence-corrected chi connectivity index (χ0v) is 19.8. The van der Waals surface area contributed by atoms with Gasteiger partial charge in [-0.2, -0.15) is 0 Å². The van der Waals surface area contributed by atoms with Crippen LogP contribution in [0, 0.1) is 0 Å². The fourth-order valence-electron chi connectivity index (χ4n) is 4.59. The van der Waals surface area contributed by atoms with Crippen LogP contribution in [0.1, 0.15) is 25.0 Å². The number of anilines is 1. The fraction of sp³-hybridized carbons (Fsp3) is 0.241. The van der Waals surface area contributed by atoms with Gasteiger partial charge in [0.25, 0.3) is 5.56 Å². The maximum Gasteiger partial charge on any atom is 0.255 e. The molecule has 0 saturated carbocycles. The Hall–Kier alpha value is -3.74. The summed E-state index contributed by atoms with van der Waals surface area (Å²) in [4.78, 5) is 30.1. The number of rotatable bonds is 6. The molecule has 5 rings (SSSR count). The number of nitrogens with one attached hydrogen (secondary N) is 1. The van der Waals surface area contributed by atoms with Gasteiger partial charge in [0, 0.05) is 29.3 Å². The highest BCUT2D eigenvalue weighted by Gasteiger charge is 2.35. The quantitative estimate of drug-likeness (QED) is 0.438. The summed E-state index contributed by atoms with van der Waals surface area (Å²) >= 11 is 0. The summed E-state index contributed by atoms with van der Waals surface area (Å²) in [6, 6.07) is 23.2. The third-order valence-electron chi connectivity index (χ3n) is 6.26. The van der Waals surface area contributed by atoms with E-state index in [4.69, 9.17) is 4.74 Å². The van der Waals surface area contributed by atoms with E-state index in [1.807, 2.05) is 72.8 Å². The van der Waals surface area contributed by atoms with E-state index in [-0.39, 0.29) is 24.5 Å². The van der Waals surface area contributed by atoms with Gasteiger partial charge in [0.1, 0.15) is 6.23 Å². The maximum atomic E-state index is 13.4. The molecule has 1 unspecified atom stereocenters. The average Bonchev–Trinajstić information content (AvgIpc) is 3.22. The molecular weight excluding hydrogens is 440 g/mol. The summed E-state index contributed by atoms with van der Waals surface area (Å²) in [6.07, 6.45) is 2.11. The Morgan fingerprint density at radius 2 is 1.71 bits per heavy atom. The second-order valence-electron chi connectivity index (χ2n) is 9.63. The molecule has 1 aliphatic rings. The Balaban J connectivity index is 1.38. The molecule has 1 atom stereocenters. The molecule has 6 nitrogen and oxygen atoms in total. The molecule has 0 aliphatic carbocycles. The Labute approximate surface area is 203 Å². The van der Waals surface area contributed by atoms with Gasteiger partial charge in [0.05, 0.1) is 18.6 Å². The van der Waals surface area contributed by atoms with Crippen LogP contribution in [0.4, 0.5) is 5.69 Å². The highest BCUT2D eigenvalue weighted by atomic mass is 16.5. The lowest BCUT2D eigenvalue weighted by molar-refractivity contribution is -0.122. The number of benzene rings is 3.